The number of hydrogen-bond donors (Lipinski definition) is 1. The van der Waals surface area contributed by atoms with Crippen LogP contribution in [-0.2, 0) is 16.6 Å². The van der Waals surface area contributed by atoms with Crippen LogP contribution in [0.15, 0.2) is 52.1 Å². The second-order valence-corrected chi connectivity index (χ2v) is 10.8. The van der Waals surface area contributed by atoms with Gasteiger partial charge in [-0.15, -0.1) is 0 Å². The van der Waals surface area contributed by atoms with E-state index in [-0.39, 0.29) is 11.4 Å². The molecular formula is C25H27FN4O3S. The number of hydrogen-bond acceptors (Lipinski definition) is 5. The molecule has 178 valence electrons. The van der Waals surface area contributed by atoms with E-state index in [1.807, 2.05) is 30.7 Å². The molecule has 0 saturated heterocycles. The number of benzene rings is 1. The Morgan fingerprint density at radius 1 is 1.12 bits per heavy atom. The van der Waals surface area contributed by atoms with Crippen molar-refractivity contribution >= 4 is 21.1 Å². The number of rotatable bonds is 5. The molecule has 0 amide bonds. The zero-order valence-corrected chi connectivity index (χ0v) is 20.0. The molecule has 0 aliphatic heterocycles. The fraction of sp³-hybridized carbons (Fsp3) is 0.360. The van der Waals surface area contributed by atoms with Crippen LogP contribution in [0.1, 0.15) is 43.6 Å². The van der Waals surface area contributed by atoms with E-state index in [4.69, 9.17) is 14.6 Å². The summed E-state index contributed by atoms with van der Waals surface area (Å²) in [5, 5.41) is 9.30. The van der Waals surface area contributed by atoms with E-state index in [0.717, 1.165) is 58.2 Å². The van der Waals surface area contributed by atoms with E-state index in [1.165, 1.54) is 12.1 Å². The minimum Gasteiger partial charge on any atom is -0.361 e. The van der Waals surface area contributed by atoms with Gasteiger partial charge in [-0.2, -0.15) is 0 Å². The summed E-state index contributed by atoms with van der Waals surface area (Å²) in [4.78, 5) is 4.79. The lowest BCUT2D eigenvalue weighted by Gasteiger charge is -2.30. The minimum atomic E-state index is -3.79. The largest absolute Gasteiger partial charge is 0.361 e. The predicted molar refractivity (Wildman–Crippen MR) is 128 cm³/mol. The number of primary sulfonamides is 1. The summed E-state index contributed by atoms with van der Waals surface area (Å²) in [6.07, 6.45) is 7.62. The van der Waals surface area contributed by atoms with Crippen molar-refractivity contribution in [3.05, 3.63) is 54.2 Å². The Morgan fingerprint density at radius 3 is 2.44 bits per heavy atom. The fourth-order valence-corrected chi connectivity index (χ4v) is 5.53. The van der Waals surface area contributed by atoms with Crippen LogP contribution in [0, 0.1) is 13.8 Å². The quantitative estimate of drug-likeness (QED) is 0.416. The van der Waals surface area contributed by atoms with Crippen LogP contribution in [-0.4, -0.2) is 28.8 Å². The summed E-state index contributed by atoms with van der Waals surface area (Å²) in [5.41, 5.74) is 4.36. The Morgan fingerprint density at radius 2 is 1.82 bits per heavy atom. The third-order valence-corrected chi connectivity index (χ3v) is 7.67. The lowest BCUT2D eigenvalue weighted by molar-refractivity contribution is 0.0873. The van der Waals surface area contributed by atoms with Crippen molar-refractivity contribution < 1.29 is 17.3 Å². The molecule has 0 atom stereocenters. The second kappa shape index (κ2) is 8.32. The number of aromatic nitrogens is 3. The Balaban J connectivity index is 1.66. The average Bonchev–Trinajstić information content (AvgIpc) is 3.32. The SMILES string of the molecule is Cc1noc(C)c1-c1cnc2c(-c3ccc(S(N)(=O)=O)cc3)cn(CC3(F)CCCCC3)c2c1. The lowest BCUT2D eigenvalue weighted by Crippen LogP contribution is -2.31. The van der Waals surface area contributed by atoms with Crippen LogP contribution in [0.25, 0.3) is 33.3 Å². The maximum Gasteiger partial charge on any atom is 0.238 e. The minimum absolute atomic E-state index is 0.0403. The number of sulfonamides is 1. The molecule has 3 heterocycles. The van der Waals surface area contributed by atoms with Gasteiger partial charge in [0.1, 0.15) is 11.4 Å². The van der Waals surface area contributed by atoms with Crippen molar-refractivity contribution in [2.24, 2.45) is 5.14 Å². The molecule has 2 N–H and O–H groups in total. The Bertz CT molecular complexity index is 1450. The highest BCUT2D eigenvalue weighted by molar-refractivity contribution is 7.89. The number of fused-ring (bicyclic) bond motifs is 1. The van der Waals surface area contributed by atoms with E-state index < -0.39 is 15.7 Å². The number of pyridine rings is 1. The topological polar surface area (TPSA) is 104 Å². The Hall–Kier alpha value is -3.04. The van der Waals surface area contributed by atoms with E-state index in [0.29, 0.717) is 18.6 Å². The van der Waals surface area contributed by atoms with Crippen LogP contribution < -0.4 is 5.14 Å². The molecule has 0 unspecified atom stereocenters. The van der Waals surface area contributed by atoms with Gasteiger partial charge in [0.15, 0.2) is 0 Å². The maximum absolute atomic E-state index is 15.7. The van der Waals surface area contributed by atoms with Gasteiger partial charge in [-0.05, 0) is 50.5 Å². The molecule has 1 aliphatic carbocycles. The summed E-state index contributed by atoms with van der Waals surface area (Å²) in [6, 6.07) is 8.36. The average molecular weight is 483 g/mol. The summed E-state index contributed by atoms with van der Waals surface area (Å²) in [6.45, 7) is 3.98. The normalized spacial score (nSPS) is 16.2. The Kier molecular flexibility index (Phi) is 5.56. The van der Waals surface area contributed by atoms with Crippen LogP contribution in [0.3, 0.4) is 0 Å². The fourth-order valence-electron chi connectivity index (χ4n) is 5.01. The van der Waals surface area contributed by atoms with Gasteiger partial charge in [0.25, 0.3) is 0 Å². The van der Waals surface area contributed by atoms with Gasteiger partial charge >= 0.3 is 0 Å². The summed E-state index contributed by atoms with van der Waals surface area (Å²) >= 11 is 0. The summed E-state index contributed by atoms with van der Waals surface area (Å²) < 4.78 is 46.4. The summed E-state index contributed by atoms with van der Waals surface area (Å²) in [5.74, 6) is 0.699. The van der Waals surface area contributed by atoms with Gasteiger partial charge in [0.05, 0.1) is 28.2 Å². The van der Waals surface area contributed by atoms with Gasteiger partial charge in [-0.1, -0.05) is 36.6 Å². The van der Waals surface area contributed by atoms with Crippen molar-refractivity contribution in [1.82, 2.24) is 14.7 Å². The standard InChI is InChI=1S/C25H27FN4O3S/c1-16-23(17(2)33-29-16)19-12-22-24(28-13-19)21(18-6-8-20(9-7-18)34(27,31)32)14-30(22)15-25(26)10-4-3-5-11-25/h6-9,12-14H,3-5,10-11,15H2,1-2H3,(H2,27,31,32). The third-order valence-electron chi connectivity index (χ3n) is 6.74. The van der Waals surface area contributed by atoms with Crippen molar-refractivity contribution in [2.75, 3.05) is 0 Å². The first-order valence-electron chi connectivity index (χ1n) is 11.4. The monoisotopic (exact) mass is 482 g/mol. The smallest absolute Gasteiger partial charge is 0.238 e. The zero-order valence-electron chi connectivity index (χ0n) is 19.2. The van der Waals surface area contributed by atoms with Crippen LogP contribution in [0.4, 0.5) is 4.39 Å². The number of halogens is 1. The lowest BCUT2D eigenvalue weighted by atomic mass is 9.86. The molecule has 9 heteroatoms. The first-order valence-corrected chi connectivity index (χ1v) is 12.9. The van der Waals surface area contributed by atoms with Crippen molar-refractivity contribution in [2.45, 2.75) is 63.1 Å². The first kappa shape index (κ1) is 22.7. The molecule has 4 aromatic rings. The predicted octanol–water partition coefficient (Wildman–Crippen LogP) is 5.29. The van der Waals surface area contributed by atoms with Crippen molar-refractivity contribution in [1.29, 1.82) is 0 Å². The Labute approximate surface area is 197 Å². The number of aryl methyl sites for hydroxylation is 2. The summed E-state index contributed by atoms with van der Waals surface area (Å²) in [7, 11) is -3.79. The highest BCUT2D eigenvalue weighted by atomic mass is 32.2. The van der Waals surface area contributed by atoms with Gasteiger partial charge < -0.3 is 9.09 Å². The molecule has 0 spiro atoms. The van der Waals surface area contributed by atoms with Gasteiger partial charge in [-0.25, -0.2) is 17.9 Å². The van der Waals surface area contributed by atoms with E-state index in [2.05, 4.69) is 5.16 Å². The van der Waals surface area contributed by atoms with Crippen LogP contribution in [0.2, 0.25) is 0 Å². The van der Waals surface area contributed by atoms with Crippen LogP contribution >= 0.6 is 0 Å². The second-order valence-electron chi connectivity index (χ2n) is 9.24. The first-order chi connectivity index (χ1) is 16.1. The molecule has 1 aromatic carbocycles. The molecule has 1 aliphatic rings. The van der Waals surface area contributed by atoms with Gasteiger partial charge in [0, 0.05) is 29.1 Å². The van der Waals surface area contributed by atoms with E-state index >= 15 is 4.39 Å². The van der Waals surface area contributed by atoms with Gasteiger partial charge in [-0.3, -0.25) is 4.98 Å². The molecule has 5 rings (SSSR count). The van der Waals surface area contributed by atoms with Crippen molar-refractivity contribution in [3.63, 3.8) is 0 Å². The number of nitrogens with two attached hydrogens (primary N) is 1. The molecule has 34 heavy (non-hydrogen) atoms. The molecule has 0 radical (unpaired) electrons. The van der Waals surface area contributed by atoms with Crippen molar-refractivity contribution in [3.8, 4) is 22.3 Å². The van der Waals surface area contributed by atoms with E-state index in [1.54, 1.807) is 18.3 Å². The van der Waals surface area contributed by atoms with E-state index in [9.17, 15) is 8.42 Å². The molecular weight excluding hydrogens is 455 g/mol. The zero-order chi connectivity index (χ0) is 24.1. The highest BCUT2D eigenvalue weighted by Gasteiger charge is 2.33. The maximum atomic E-state index is 15.7. The number of alkyl halides is 1. The molecule has 7 nitrogen and oxygen atoms in total. The molecule has 1 fully saturated rings. The molecule has 1 saturated carbocycles. The number of nitrogens with zero attached hydrogens (tertiary/aromatic N) is 3. The highest BCUT2D eigenvalue weighted by Crippen LogP contribution is 2.38. The third kappa shape index (κ3) is 4.14. The van der Waals surface area contributed by atoms with Gasteiger partial charge in [0.2, 0.25) is 10.0 Å². The molecule has 0 bridgehead atoms. The van der Waals surface area contributed by atoms with Crippen LogP contribution in [0.5, 0.6) is 0 Å². The molecule has 3 aromatic heterocycles.